The third-order valence-electron chi connectivity index (χ3n) is 2.41. The van der Waals surface area contributed by atoms with Crippen LogP contribution in [-0.2, 0) is 18.3 Å². The van der Waals surface area contributed by atoms with Gasteiger partial charge in [-0.25, -0.2) is 9.48 Å². The fourth-order valence-electron chi connectivity index (χ4n) is 1.52. The maximum Gasteiger partial charge on any atom is 0.360 e. The van der Waals surface area contributed by atoms with Crippen molar-refractivity contribution >= 4 is 5.97 Å². The zero-order chi connectivity index (χ0) is 13.1. The summed E-state index contributed by atoms with van der Waals surface area (Å²) in [6, 6.07) is 0. The molecule has 0 saturated heterocycles. The number of aryl methyl sites for hydroxylation is 1. The number of carbonyl (C=O) groups excluding carboxylic acids is 1. The normalized spacial score (nSPS) is 10.6. The maximum atomic E-state index is 11.6. The molecule has 2 heterocycles. The van der Waals surface area contributed by atoms with Gasteiger partial charge in [0.05, 0.1) is 18.8 Å². The van der Waals surface area contributed by atoms with Crippen molar-refractivity contribution in [1.29, 1.82) is 0 Å². The standard InChI is InChI=1S/C10H14N6O2/c1-4-18-10(17)9-7(2)16(14-12-9)6-8-5-15(3)13-11-8/h5H,4,6H2,1-3H3. The van der Waals surface area contributed by atoms with E-state index in [1.54, 1.807) is 36.5 Å². The highest BCUT2D eigenvalue weighted by molar-refractivity contribution is 5.88. The van der Waals surface area contributed by atoms with Crippen molar-refractivity contribution < 1.29 is 9.53 Å². The lowest BCUT2D eigenvalue weighted by molar-refractivity contribution is 0.0518. The summed E-state index contributed by atoms with van der Waals surface area (Å²) >= 11 is 0. The summed E-state index contributed by atoms with van der Waals surface area (Å²) in [6.07, 6.45) is 1.78. The molecule has 0 amide bonds. The van der Waals surface area contributed by atoms with Crippen LogP contribution in [0.1, 0.15) is 28.8 Å². The average Bonchev–Trinajstić information content (AvgIpc) is 2.88. The Hall–Kier alpha value is -2.25. The van der Waals surface area contributed by atoms with Crippen LogP contribution in [-0.4, -0.2) is 42.6 Å². The zero-order valence-electron chi connectivity index (χ0n) is 10.5. The second-order valence-corrected chi connectivity index (χ2v) is 3.79. The minimum Gasteiger partial charge on any atom is -0.461 e. The van der Waals surface area contributed by atoms with E-state index in [0.29, 0.717) is 18.8 Å². The van der Waals surface area contributed by atoms with Crippen molar-refractivity contribution in [2.45, 2.75) is 20.4 Å². The fraction of sp³-hybridized carbons (Fsp3) is 0.500. The Bertz CT molecular complexity index is 558. The molecule has 2 rings (SSSR count). The molecule has 0 radical (unpaired) electrons. The van der Waals surface area contributed by atoms with Crippen molar-refractivity contribution in [1.82, 2.24) is 30.0 Å². The van der Waals surface area contributed by atoms with E-state index in [1.807, 2.05) is 0 Å². The number of hydrogen-bond donors (Lipinski definition) is 0. The first-order valence-electron chi connectivity index (χ1n) is 5.54. The van der Waals surface area contributed by atoms with Crippen LogP contribution in [0.4, 0.5) is 0 Å². The number of carbonyl (C=O) groups is 1. The largest absolute Gasteiger partial charge is 0.461 e. The first-order valence-corrected chi connectivity index (χ1v) is 5.54. The first kappa shape index (κ1) is 12.2. The van der Waals surface area contributed by atoms with Crippen molar-refractivity contribution in [3.8, 4) is 0 Å². The quantitative estimate of drug-likeness (QED) is 0.706. The Balaban J connectivity index is 2.18. The Morgan fingerprint density at radius 1 is 1.39 bits per heavy atom. The summed E-state index contributed by atoms with van der Waals surface area (Å²) in [4.78, 5) is 11.6. The Morgan fingerprint density at radius 3 is 2.78 bits per heavy atom. The van der Waals surface area contributed by atoms with Crippen LogP contribution in [0.2, 0.25) is 0 Å². The van der Waals surface area contributed by atoms with Crippen molar-refractivity contribution in [2.75, 3.05) is 6.61 Å². The van der Waals surface area contributed by atoms with Gasteiger partial charge in [0, 0.05) is 13.2 Å². The van der Waals surface area contributed by atoms with Crippen LogP contribution >= 0.6 is 0 Å². The molecule has 0 aliphatic carbocycles. The minimum atomic E-state index is -0.458. The zero-order valence-corrected chi connectivity index (χ0v) is 10.5. The van der Waals surface area contributed by atoms with Gasteiger partial charge in [-0.1, -0.05) is 10.4 Å². The van der Waals surface area contributed by atoms with Crippen LogP contribution < -0.4 is 0 Å². The van der Waals surface area contributed by atoms with Crippen LogP contribution in [0, 0.1) is 6.92 Å². The van der Waals surface area contributed by atoms with Crippen LogP contribution in [0.15, 0.2) is 6.20 Å². The summed E-state index contributed by atoms with van der Waals surface area (Å²) in [5.74, 6) is -0.458. The second-order valence-electron chi connectivity index (χ2n) is 3.79. The van der Waals surface area contributed by atoms with Crippen molar-refractivity contribution in [3.05, 3.63) is 23.3 Å². The van der Waals surface area contributed by atoms with E-state index >= 15 is 0 Å². The molecule has 0 atom stereocenters. The average molecular weight is 250 g/mol. The van der Waals surface area contributed by atoms with Crippen LogP contribution in [0.5, 0.6) is 0 Å². The fourth-order valence-corrected chi connectivity index (χ4v) is 1.52. The predicted octanol–water partition coefficient (Wildman–Crippen LogP) is -0.0600. The second kappa shape index (κ2) is 4.94. The summed E-state index contributed by atoms with van der Waals surface area (Å²) in [5.41, 5.74) is 1.64. The molecule has 0 spiro atoms. The number of esters is 1. The molecule has 0 aromatic carbocycles. The molecule has 0 fully saturated rings. The van der Waals surface area contributed by atoms with Gasteiger partial charge in [-0.2, -0.15) is 0 Å². The van der Waals surface area contributed by atoms with E-state index in [0.717, 1.165) is 5.69 Å². The van der Waals surface area contributed by atoms with Crippen LogP contribution in [0.3, 0.4) is 0 Å². The molecule has 0 unspecified atom stereocenters. The van der Waals surface area contributed by atoms with Crippen molar-refractivity contribution in [3.63, 3.8) is 0 Å². The molecular formula is C10H14N6O2. The highest BCUT2D eigenvalue weighted by Crippen LogP contribution is 2.07. The highest BCUT2D eigenvalue weighted by Gasteiger charge is 2.17. The monoisotopic (exact) mass is 250 g/mol. The molecule has 0 bridgehead atoms. The maximum absolute atomic E-state index is 11.6. The molecular weight excluding hydrogens is 236 g/mol. The molecule has 8 heteroatoms. The number of nitrogens with zero attached hydrogens (tertiary/aromatic N) is 6. The van der Waals surface area contributed by atoms with E-state index < -0.39 is 5.97 Å². The lowest BCUT2D eigenvalue weighted by atomic mass is 10.3. The third-order valence-corrected chi connectivity index (χ3v) is 2.41. The Morgan fingerprint density at radius 2 is 2.17 bits per heavy atom. The van der Waals surface area contributed by atoms with Gasteiger partial charge in [-0.15, -0.1) is 10.2 Å². The summed E-state index contributed by atoms with van der Waals surface area (Å²) in [5, 5.41) is 15.5. The molecule has 0 N–H and O–H groups in total. The lowest BCUT2D eigenvalue weighted by Crippen LogP contribution is -2.09. The minimum absolute atomic E-state index is 0.237. The summed E-state index contributed by atoms with van der Waals surface area (Å²) in [7, 11) is 1.79. The summed E-state index contributed by atoms with van der Waals surface area (Å²) in [6.45, 7) is 4.25. The molecule has 0 saturated carbocycles. The Labute approximate surface area is 104 Å². The Kier molecular flexibility index (Phi) is 3.35. The molecule has 2 aromatic heterocycles. The van der Waals surface area contributed by atoms with E-state index in [1.165, 1.54) is 0 Å². The molecule has 18 heavy (non-hydrogen) atoms. The van der Waals surface area contributed by atoms with Gasteiger partial charge in [-0.05, 0) is 13.8 Å². The number of ether oxygens (including phenoxy) is 1. The van der Waals surface area contributed by atoms with Crippen LogP contribution in [0.25, 0.3) is 0 Å². The van der Waals surface area contributed by atoms with E-state index in [-0.39, 0.29) is 5.69 Å². The summed E-state index contributed by atoms with van der Waals surface area (Å²) < 4.78 is 8.09. The predicted molar refractivity (Wildman–Crippen MR) is 60.8 cm³/mol. The molecule has 0 aliphatic rings. The van der Waals surface area contributed by atoms with Gasteiger partial charge in [0.1, 0.15) is 5.69 Å². The van der Waals surface area contributed by atoms with Gasteiger partial charge in [0.25, 0.3) is 0 Å². The van der Waals surface area contributed by atoms with Gasteiger partial charge >= 0.3 is 5.97 Å². The van der Waals surface area contributed by atoms with Gasteiger partial charge in [-0.3, -0.25) is 4.68 Å². The molecule has 2 aromatic rings. The number of aromatic nitrogens is 6. The smallest absolute Gasteiger partial charge is 0.360 e. The third kappa shape index (κ3) is 2.36. The van der Waals surface area contributed by atoms with Gasteiger partial charge in [0.2, 0.25) is 0 Å². The van der Waals surface area contributed by atoms with E-state index in [9.17, 15) is 4.79 Å². The highest BCUT2D eigenvalue weighted by atomic mass is 16.5. The number of hydrogen-bond acceptors (Lipinski definition) is 6. The SMILES string of the molecule is CCOC(=O)c1nnn(Cc2cn(C)nn2)c1C. The first-order chi connectivity index (χ1) is 8.61. The molecule has 8 nitrogen and oxygen atoms in total. The van der Waals surface area contributed by atoms with Gasteiger partial charge in [0.15, 0.2) is 5.69 Å². The molecule has 96 valence electrons. The topological polar surface area (TPSA) is 87.7 Å². The van der Waals surface area contributed by atoms with Crippen molar-refractivity contribution in [2.24, 2.45) is 7.05 Å². The van der Waals surface area contributed by atoms with E-state index in [2.05, 4.69) is 20.6 Å². The van der Waals surface area contributed by atoms with Gasteiger partial charge < -0.3 is 4.74 Å². The lowest BCUT2D eigenvalue weighted by Gasteiger charge is -2.01. The van der Waals surface area contributed by atoms with E-state index in [4.69, 9.17) is 4.74 Å². The molecule has 0 aliphatic heterocycles. The number of rotatable bonds is 4.